The van der Waals surface area contributed by atoms with E-state index >= 15 is 0 Å². The predicted octanol–water partition coefficient (Wildman–Crippen LogP) is 3.32. The van der Waals surface area contributed by atoms with Crippen LogP contribution in [0.4, 0.5) is 0 Å². The maximum Gasteiger partial charge on any atom is 0.119 e. The van der Waals surface area contributed by atoms with E-state index in [-0.39, 0.29) is 6.61 Å². The molecule has 0 bridgehead atoms. The van der Waals surface area contributed by atoms with Gasteiger partial charge < -0.3 is 19.6 Å². The molecule has 25 heavy (non-hydrogen) atoms. The summed E-state index contributed by atoms with van der Waals surface area (Å²) in [5.41, 5.74) is 2.38. The third kappa shape index (κ3) is 5.13. The van der Waals surface area contributed by atoms with Gasteiger partial charge >= 0.3 is 0 Å². The Morgan fingerprint density at radius 3 is 2.48 bits per heavy atom. The van der Waals surface area contributed by atoms with Crippen molar-refractivity contribution in [1.82, 2.24) is 9.80 Å². The van der Waals surface area contributed by atoms with Gasteiger partial charge in [-0.25, -0.2) is 0 Å². The van der Waals surface area contributed by atoms with E-state index in [2.05, 4.69) is 46.8 Å². The van der Waals surface area contributed by atoms with E-state index in [0.29, 0.717) is 6.54 Å². The van der Waals surface area contributed by atoms with Gasteiger partial charge in [0, 0.05) is 25.5 Å². The Morgan fingerprint density at radius 1 is 1.04 bits per heavy atom. The van der Waals surface area contributed by atoms with Gasteiger partial charge in [0.25, 0.3) is 0 Å². The number of ether oxygens (including phenoxy) is 1. The molecule has 1 N–H and O–H groups in total. The van der Waals surface area contributed by atoms with Crippen LogP contribution in [-0.2, 0) is 6.54 Å². The first kappa shape index (κ1) is 17.1. The normalized spacial score (nSPS) is 14.6. The van der Waals surface area contributed by atoms with E-state index in [4.69, 9.17) is 4.74 Å². The van der Waals surface area contributed by atoms with Crippen LogP contribution in [0.2, 0.25) is 0 Å². The summed E-state index contributed by atoms with van der Waals surface area (Å²) in [5, 5.41) is 10.2. The number of hydrogen-bond donors (Lipinski definition) is 1. The largest absolute Gasteiger partial charge is 0.491 e. The van der Waals surface area contributed by atoms with Crippen LogP contribution >= 0.6 is 0 Å². The van der Waals surface area contributed by atoms with Crippen LogP contribution in [-0.4, -0.2) is 40.8 Å². The zero-order chi connectivity index (χ0) is 17.5. The average molecular weight is 336 g/mol. The molecule has 0 saturated heterocycles. The SMILES string of the molecule is C=Cc1ccc(CN2C=CN(CC(O)COc3ccccc3)C2)cc1. The van der Waals surface area contributed by atoms with Crippen LogP contribution in [0, 0.1) is 0 Å². The molecule has 0 aromatic heterocycles. The van der Waals surface area contributed by atoms with Crippen molar-refractivity contribution >= 4 is 6.08 Å². The van der Waals surface area contributed by atoms with Crippen LogP contribution in [0.25, 0.3) is 6.08 Å². The lowest BCUT2D eigenvalue weighted by atomic mass is 10.1. The van der Waals surface area contributed by atoms with E-state index in [0.717, 1.165) is 24.5 Å². The molecule has 1 heterocycles. The number of hydrogen-bond acceptors (Lipinski definition) is 4. The summed E-state index contributed by atoms with van der Waals surface area (Å²) < 4.78 is 5.60. The molecule has 4 nitrogen and oxygen atoms in total. The first-order valence-corrected chi connectivity index (χ1v) is 8.46. The minimum Gasteiger partial charge on any atom is -0.491 e. The summed E-state index contributed by atoms with van der Waals surface area (Å²) in [6.07, 6.45) is 5.40. The second-order valence-electron chi connectivity index (χ2n) is 6.18. The van der Waals surface area contributed by atoms with Crippen molar-refractivity contribution in [3.63, 3.8) is 0 Å². The standard InChI is InChI=1S/C21H24N2O2/c1-2-18-8-10-19(11-9-18)14-22-12-13-23(17-22)15-20(24)16-25-21-6-4-3-5-7-21/h2-13,20,24H,1,14-17H2. The Morgan fingerprint density at radius 2 is 1.76 bits per heavy atom. The van der Waals surface area contributed by atoms with E-state index in [1.54, 1.807) is 0 Å². The van der Waals surface area contributed by atoms with Gasteiger partial charge in [0.1, 0.15) is 18.5 Å². The van der Waals surface area contributed by atoms with E-state index in [9.17, 15) is 5.11 Å². The van der Waals surface area contributed by atoms with Crippen LogP contribution in [0.15, 0.2) is 73.6 Å². The van der Waals surface area contributed by atoms with Crippen LogP contribution in [0.3, 0.4) is 0 Å². The van der Waals surface area contributed by atoms with Gasteiger partial charge in [-0.3, -0.25) is 0 Å². The lowest BCUT2D eigenvalue weighted by Crippen LogP contribution is -2.34. The molecule has 1 aliphatic rings. The average Bonchev–Trinajstić information content (AvgIpc) is 3.08. The lowest BCUT2D eigenvalue weighted by molar-refractivity contribution is 0.0760. The summed E-state index contributed by atoms with van der Waals surface area (Å²) >= 11 is 0. The maximum absolute atomic E-state index is 10.2. The second-order valence-corrected chi connectivity index (χ2v) is 6.18. The molecule has 0 radical (unpaired) electrons. The Hall–Kier alpha value is -2.72. The van der Waals surface area contributed by atoms with Crippen molar-refractivity contribution in [2.75, 3.05) is 19.8 Å². The molecule has 0 saturated carbocycles. The molecule has 0 amide bonds. The fourth-order valence-electron chi connectivity index (χ4n) is 2.76. The van der Waals surface area contributed by atoms with Crippen molar-refractivity contribution in [2.24, 2.45) is 0 Å². The van der Waals surface area contributed by atoms with E-state index < -0.39 is 6.10 Å². The summed E-state index contributed by atoms with van der Waals surface area (Å²) in [6.45, 7) is 6.23. The maximum atomic E-state index is 10.2. The quantitative estimate of drug-likeness (QED) is 0.802. The van der Waals surface area contributed by atoms with Gasteiger partial charge in [-0.05, 0) is 23.3 Å². The fourth-order valence-corrected chi connectivity index (χ4v) is 2.76. The van der Waals surface area contributed by atoms with Crippen molar-refractivity contribution < 1.29 is 9.84 Å². The van der Waals surface area contributed by atoms with Crippen molar-refractivity contribution in [2.45, 2.75) is 12.6 Å². The second kappa shape index (κ2) is 8.40. The molecule has 3 rings (SSSR count). The van der Waals surface area contributed by atoms with Crippen molar-refractivity contribution in [1.29, 1.82) is 0 Å². The molecular weight excluding hydrogens is 312 g/mol. The van der Waals surface area contributed by atoms with Crippen molar-refractivity contribution in [3.8, 4) is 5.75 Å². The molecule has 2 aromatic carbocycles. The Kier molecular flexibility index (Phi) is 5.75. The Bertz CT molecular complexity index is 698. The predicted molar refractivity (Wildman–Crippen MR) is 101 cm³/mol. The number of para-hydroxylation sites is 1. The number of nitrogens with zero attached hydrogens (tertiary/aromatic N) is 2. The highest BCUT2D eigenvalue weighted by Crippen LogP contribution is 2.14. The molecule has 1 aliphatic heterocycles. The van der Waals surface area contributed by atoms with Gasteiger partial charge in [0.05, 0.1) is 6.67 Å². The van der Waals surface area contributed by atoms with Gasteiger partial charge in [-0.15, -0.1) is 0 Å². The fraction of sp³-hybridized carbons (Fsp3) is 0.238. The smallest absolute Gasteiger partial charge is 0.119 e. The molecular formula is C21H24N2O2. The highest BCUT2D eigenvalue weighted by molar-refractivity contribution is 5.47. The Labute approximate surface area is 149 Å². The van der Waals surface area contributed by atoms with Gasteiger partial charge in [0.2, 0.25) is 0 Å². The molecule has 1 atom stereocenters. The highest BCUT2D eigenvalue weighted by atomic mass is 16.5. The van der Waals surface area contributed by atoms with Crippen LogP contribution in [0.1, 0.15) is 11.1 Å². The minimum atomic E-state index is -0.531. The summed E-state index contributed by atoms with van der Waals surface area (Å²) in [4.78, 5) is 4.31. The van der Waals surface area contributed by atoms with Crippen LogP contribution < -0.4 is 4.74 Å². The van der Waals surface area contributed by atoms with Gasteiger partial charge in [-0.1, -0.05) is 55.1 Å². The summed E-state index contributed by atoms with van der Waals surface area (Å²) in [7, 11) is 0. The van der Waals surface area contributed by atoms with Gasteiger partial charge in [-0.2, -0.15) is 0 Å². The molecule has 2 aromatic rings. The number of β-amino-alcohol motifs (C(OH)–C–C–N with tert-alkyl or cyclic N) is 1. The third-order valence-corrected chi connectivity index (χ3v) is 4.08. The molecule has 4 heteroatoms. The zero-order valence-electron chi connectivity index (χ0n) is 14.3. The van der Waals surface area contributed by atoms with E-state index in [1.807, 2.05) is 42.6 Å². The highest BCUT2D eigenvalue weighted by Gasteiger charge is 2.16. The first-order chi connectivity index (χ1) is 12.2. The minimum absolute atomic E-state index is 0.289. The molecule has 0 fully saturated rings. The van der Waals surface area contributed by atoms with Crippen molar-refractivity contribution in [3.05, 3.63) is 84.7 Å². The topological polar surface area (TPSA) is 35.9 Å². The Balaban J connectivity index is 1.41. The molecule has 130 valence electrons. The number of aliphatic hydroxyl groups is 1. The molecule has 0 spiro atoms. The van der Waals surface area contributed by atoms with Gasteiger partial charge in [0.15, 0.2) is 0 Å². The number of benzene rings is 2. The summed E-state index contributed by atoms with van der Waals surface area (Å²) in [5.74, 6) is 0.781. The monoisotopic (exact) mass is 336 g/mol. The number of rotatable bonds is 8. The van der Waals surface area contributed by atoms with E-state index in [1.165, 1.54) is 5.56 Å². The summed E-state index contributed by atoms with van der Waals surface area (Å²) in [6, 6.07) is 18.0. The number of aliphatic hydroxyl groups excluding tert-OH is 1. The molecule has 0 aliphatic carbocycles. The lowest BCUT2D eigenvalue weighted by Gasteiger charge is -2.23. The zero-order valence-corrected chi connectivity index (χ0v) is 14.3. The molecule has 1 unspecified atom stereocenters. The van der Waals surface area contributed by atoms with Crippen LogP contribution in [0.5, 0.6) is 5.75 Å². The first-order valence-electron chi connectivity index (χ1n) is 8.46. The third-order valence-electron chi connectivity index (χ3n) is 4.08.